The maximum atomic E-state index is 10.2. The number of nitrogens with zero attached hydrogens (tertiary/aromatic N) is 1. The van der Waals surface area contributed by atoms with Crippen molar-refractivity contribution in [2.24, 2.45) is 0 Å². The molecule has 0 saturated heterocycles. The molecule has 0 spiro atoms. The Balaban J connectivity index is 1.87. The number of pyridine rings is 1. The van der Waals surface area contributed by atoms with Gasteiger partial charge in [0.15, 0.2) is 0 Å². The molecular formula is C18H24N2O. The summed E-state index contributed by atoms with van der Waals surface area (Å²) in [6, 6.07) is 12.1. The highest BCUT2D eigenvalue weighted by atomic mass is 16.3. The van der Waals surface area contributed by atoms with Crippen LogP contribution in [0, 0.1) is 0 Å². The van der Waals surface area contributed by atoms with E-state index in [1.807, 2.05) is 30.5 Å². The van der Waals surface area contributed by atoms with Gasteiger partial charge in [0.25, 0.3) is 0 Å². The third-order valence-electron chi connectivity index (χ3n) is 3.55. The minimum absolute atomic E-state index is 0.141. The molecule has 0 aliphatic carbocycles. The van der Waals surface area contributed by atoms with Crippen molar-refractivity contribution in [2.45, 2.75) is 38.8 Å². The zero-order valence-corrected chi connectivity index (χ0v) is 13.0. The first-order chi connectivity index (χ1) is 9.97. The van der Waals surface area contributed by atoms with Gasteiger partial charge in [0.1, 0.15) is 0 Å². The van der Waals surface area contributed by atoms with Crippen LogP contribution < -0.4 is 5.32 Å². The number of benzene rings is 1. The van der Waals surface area contributed by atoms with Crippen LogP contribution in [0.4, 0.5) is 0 Å². The number of aliphatic hydroxyl groups is 1. The average Bonchev–Trinajstić information content (AvgIpc) is 2.47. The predicted octanol–water partition coefficient (Wildman–Crippen LogP) is 3.20. The van der Waals surface area contributed by atoms with Crippen molar-refractivity contribution < 1.29 is 5.11 Å². The molecule has 0 saturated carbocycles. The largest absolute Gasteiger partial charge is 0.387 e. The van der Waals surface area contributed by atoms with Gasteiger partial charge in [-0.15, -0.1) is 0 Å². The molecule has 1 aromatic carbocycles. The minimum Gasteiger partial charge on any atom is -0.387 e. The Hall–Kier alpha value is -1.71. The smallest absolute Gasteiger partial charge is 0.0914 e. The van der Waals surface area contributed by atoms with E-state index in [0.29, 0.717) is 13.1 Å². The summed E-state index contributed by atoms with van der Waals surface area (Å²) >= 11 is 0. The van der Waals surface area contributed by atoms with Gasteiger partial charge in [0.2, 0.25) is 0 Å². The molecule has 1 heterocycles. The molecule has 0 bridgehead atoms. The molecule has 0 amide bonds. The summed E-state index contributed by atoms with van der Waals surface area (Å²) in [4.78, 5) is 4.07. The second-order valence-electron chi connectivity index (χ2n) is 6.38. The van der Waals surface area contributed by atoms with Gasteiger partial charge in [-0.2, -0.15) is 0 Å². The molecule has 3 nitrogen and oxygen atoms in total. The fraction of sp³-hybridized carbons (Fsp3) is 0.389. The summed E-state index contributed by atoms with van der Waals surface area (Å²) in [6.45, 7) is 7.81. The Morgan fingerprint density at radius 3 is 2.43 bits per heavy atom. The zero-order chi connectivity index (χ0) is 15.3. The lowest BCUT2D eigenvalue weighted by Gasteiger charge is -2.20. The highest BCUT2D eigenvalue weighted by molar-refractivity contribution is 5.28. The van der Waals surface area contributed by atoms with E-state index in [9.17, 15) is 5.11 Å². The fourth-order valence-corrected chi connectivity index (χ4v) is 2.18. The summed E-state index contributed by atoms with van der Waals surface area (Å²) in [7, 11) is 0. The Morgan fingerprint density at radius 2 is 1.86 bits per heavy atom. The number of rotatable bonds is 5. The van der Waals surface area contributed by atoms with Crippen molar-refractivity contribution in [3.8, 4) is 0 Å². The van der Waals surface area contributed by atoms with E-state index in [1.165, 1.54) is 5.56 Å². The maximum absolute atomic E-state index is 10.2. The number of aromatic nitrogens is 1. The quantitative estimate of drug-likeness (QED) is 0.886. The van der Waals surface area contributed by atoms with Crippen LogP contribution in [-0.2, 0) is 12.0 Å². The van der Waals surface area contributed by atoms with Crippen LogP contribution in [0.2, 0.25) is 0 Å². The van der Waals surface area contributed by atoms with Gasteiger partial charge in [0, 0.05) is 25.5 Å². The minimum atomic E-state index is -0.490. The third-order valence-corrected chi connectivity index (χ3v) is 3.55. The van der Waals surface area contributed by atoms with Crippen molar-refractivity contribution >= 4 is 0 Å². The average molecular weight is 284 g/mol. The first-order valence-corrected chi connectivity index (χ1v) is 7.35. The van der Waals surface area contributed by atoms with Gasteiger partial charge >= 0.3 is 0 Å². The van der Waals surface area contributed by atoms with Crippen molar-refractivity contribution in [1.29, 1.82) is 0 Å². The molecule has 3 heteroatoms. The lowest BCUT2D eigenvalue weighted by atomic mass is 9.86. The van der Waals surface area contributed by atoms with Crippen LogP contribution in [-0.4, -0.2) is 16.6 Å². The van der Waals surface area contributed by atoms with Crippen molar-refractivity contribution in [3.05, 3.63) is 65.5 Å². The molecule has 1 aromatic heterocycles. The van der Waals surface area contributed by atoms with Gasteiger partial charge in [-0.3, -0.25) is 4.98 Å². The Labute approximate surface area is 127 Å². The van der Waals surface area contributed by atoms with E-state index < -0.39 is 6.10 Å². The van der Waals surface area contributed by atoms with Crippen molar-refractivity contribution in [1.82, 2.24) is 10.3 Å². The fourth-order valence-electron chi connectivity index (χ4n) is 2.18. The zero-order valence-electron chi connectivity index (χ0n) is 13.0. The normalized spacial score (nSPS) is 13.1. The summed E-state index contributed by atoms with van der Waals surface area (Å²) in [5, 5.41) is 13.5. The number of hydrogen-bond acceptors (Lipinski definition) is 3. The molecule has 0 aliphatic rings. The van der Waals surface area contributed by atoms with Gasteiger partial charge in [-0.05, 0) is 28.2 Å². The Bertz CT molecular complexity index is 544. The van der Waals surface area contributed by atoms with E-state index in [0.717, 1.165) is 11.1 Å². The molecule has 0 fully saturated rings. The molecule has 21 heavy (non-hydrogen) atoms. The van der Waals surface area contributed by atoms with E-state index in [2.05, 4.69) is 43.2 Å². The standard InChI is InChI=1S/C18H24N2O/c1-18(2,3)16-8-6-15(7-9-16)17(21)13-20-12-14-5-4-10-19-11-14/h4-11,17,20-21H,12-13H2,1-3H3. The monoisotopic (exact) mass is 284 g/mol. The van der Waals surface area contributed by atoms with Crippen molar-refractivity contribution in [3.63, 3.8) is 0 Å². The van der Waals surface area contributed by atoms with Crippen LogP contribution in [0.3, 0.4) is 0 Å². The van der Waals surface area contributed by atoms with Gasteiger partial charge in [-0.1, -0.05) is 51.1 Å². The molecule has 0 aliphatic heterocycles. The van der Waals surface area contributed by atoms with Gasteiger partial charge in [0.05, 0.1) is 6.10 Å². The molecule has 112 valence electrons. The first kappa shape index (κ1) is 15.7. The Kier molecular flexibility index (Phi) is 5.10. The topological polar surface area (TPSA) is 45.1 Å². The summed E-state index contributed by atoms with van der Waals surface area (Å²) in [5.41, 5.74) is 3.48. The van der Waals surface area contributed by atoms with Crippen LogP contribution >= 0.6 is 0 Å². The Morgan fingerprint density at radius 1 is 1.14 bits per heavy atom. The molecule has 2 rings (SSSR count). The molecule has 1 atom stereocenters. The molecule has 1 unspecified atom stereocenters. The summed E-state index contributed by atoms with van der Waals surface area (Å²) in [6.07, 6.45) is 3.10. The van der Waals surface area contributed by atoms with Crippen LogP contribution in [0.1, 0.15) is 43.6 Å². The molecule has 0 radical (unpaired) electrons. The van der Waals surface area contributed by atoms with Gasteiger partial charge < -0.3 is 10.4 Å². The van der Waals surface area contributed by atoms with Crippen molar-refractivity contribution in [2.75, 3.05) is 6.54 Å². The highest BCUT2D eigenvalue weighted by Gasteiger charge is 2.14. The summed E-state index contributed by atoms with van der Waals surface area (Å²) in [5.74, 6) is 0. The summed E-state index contributed by atoms with van der Waals surface area (Å²) < 4.78 is 0. The SMILES string of the molecule is CC(C)(C)c1ccc(C(O)CNCc2cccnc2)cc1. The van der Waals surface area contributed by atoms with E-state index in [1.54, 1.807) is 6.20 Å². The van der Waals surface area contributed by atoms with Crippen LogP contribution in [0.15, 0.2) is 48.8 Å². The number of nitrogens with one attached hydrogen (secondary N) is 1. The third kappa shape index (κ3) is 4.66. The second kappa shape index (κ2) is 6.83. The lowest BCUT2D eigenvalue weighted by molar-refractivity contribution is 0.174. The molecular weight excluding hydrogens is 260 g/mol. The highest BCUT2D eigenvalue weighted by Crippen LogP contribution is 2.23. The van der Waals surface area contributed by atoms with Crippen LogP contribution in [0.5, 0.6) is 0 Å². The number of hydrogen-bond donors (Lipinski definition) is 2. The van der Waals surface area contributed by atoms with E-state index in [4.69, 9.17) is 0 Å². The van der Waals surface area contributed by atoms with Gasteiger partial charge in [-0.25, -0.2) is 0 Å². The predicted molar refractivity (Wildman–Crippen MR) is 86.0 cm³/mol. The van der Waals surface area contributed by atoms with Crippen LogP contribution in [0.25, 0.3) is 0 Å². The molecule has 2 N–H and O–H groups in total. The van der Waals surface area contributed by atoms with E-state index in [-0.39, 0.29) is 5.41 Å². The number of aliphatic hydroxyl groups excluding tert-OH is 1. The maximum Gasteiger partial charge on any atom is 0.0914 e. The second-order valence-corrected chi connectivity index (χ2v) is 6.38. The molecule has 2 aromatic rings. The lowest BCUT2D eigenvalue weighted by Crippen LogP contribution is -2.21. The first-order valence-electron chi connectivity index (χ1n) is 7.35. The van der Waals surface area contributed by atoms with E-state index >= 15 is 0 Å².